The molecule has 1 heterocycles. The van der Waals surface area contributed by atoms with Crippen LogP contribution in [0.5, 0.6) is 0 Å². The van der Waals surface area contributed by atoms with Crippen molar-refractivity contribution in [1.82, 2.24) is 10.9 Å². The second-order valence-electron chi connectivity index (χ2n) is 3.59. The Kier molecular flexibility index (Phi) is 2.78. The first kappa shape index (κ1) is 9.86. The summed E-state index contributed by atoms with van der Waals surface area (Å²) in [5.74, 6) is 0.00506. The summed E-state index contributed by atoms with van der Waals surface area (Å²) in [6.07, 6.45) is 0.724. The normalized spacial score (nSPS) is 20.0. The van der Waals surface area contributed by atoms with Gasteiger partial charge >= 0.3 is 0 Å². The van der Waals surface area contributed by atoms with Gasteiger partial charge in [0.05, 0.1) is 0 Å². The highest BCUT2D eigenvalue weighted by molar-refractivity contribution is 5.96. The summed E-state index contributed by atoms with van der Waals surface area (Å²) >= 11 is 0. The Morgan fingerprint density at radius 3 is 2.67 bits per heavy atom. The molecular weight excluding hydrogens is 192 g/mol. The Morgan fingerprint density at radius 2 is 2.07 bits per heavy atom. The van der Waals surface area contributed by atoms with Gasteiger partial charge in [-0.2, -0.15) is 0 Å². The highest BCUT2D eigenvalue weighted by Gasteiger charge is 2.23. The number of carbonyl (C=O) groups excluding carboxylic acids is 2. The van der Waals surface area contributed by atoms with E-state index in [2.05, 4.69) is 10.9 Å². The third-order valence-electron chi connectivity index (χ3n) is 2.38. The molecule has 2 rings (SSSR count). The molecule has 1 aliphatic rings. The second kappa shape index (κ2) is 4.23. The first-order chi connectivity index (χ1) is 7.25. The molecule has 1 unspecified atom stereocenters. The average molecular weight is 204 g/mol. The molecule has 78 valence electrons. The monoisotopic (exact) mass is 204 g/mol. The Labute approximate surface area is 87.6 Å². The molecule has 1 fully saturated rings. The van der Waals surface area contributed by atoms with Gasteiger partial charge in [-0.1, -0.05) is 30.3 Å². The number of rotatable bonds is 3. The number of ketones is 1. The van der Waals surface area contributed by atoms with Gasteiger partial charge in [0, 0.05) is 24.4 Å². The lowest BCUT2D eigenvalue weighted by Crippen LogP contribution is -2.32. The standard InChI is InChI=1S/C11H12N2O2/c14-10(8-4-2-1-3-5-8)6-9-7-11(15)13-12-9/h1-5,9,12H,6-7H2,(H,13,15). The maximum Gasteiger partial charge on any atom is 0.235 e. The molecule has 1 aromatic carbocycles. The fraction of sp³-hybridized carbons (Fsp3) is 0.273. The largest absolute Gasteiger partial charge is 0.294 e. The summed E-state index contributed by atoms with van der Waals surface area (Å²) in [7, 11) is 0. The van der Waals surface area contributed by atoms with E-state index in [1.807, 2.05) is 18.2 Å². The molecule has 0 saturated carbocycles. The van der Waals surface area contributed by atoms with E-state index < -0.39 is 0 Å². The lowest BCUT2D eigenvalue weighted by atomic mass is 10.0. The van der Waals surface area contributed by atoms with Gasteiger partial charge in [0.2, 0.25) is 5.91 Å². The van der Waals surface area contributed by atoms with Crippen LogP contribution in [0.1, 0.15) is 23.2 Å². The average Bonchev–Trinajstić information content (AvgIpc) is 2.65. The van der Waals surface area contributed by atoms with E-state index in [0.29, 0.717) is 18.4 Å². The Morgan fingerprint density at radius 1 is 1.33 bits per heavy atom. The second-order valence-corrected chi connectivity index (χ2v) is 3.59. The predicted octanol–water partition coefficient (Wildman–Crippen LogP) is 0.652. The lowest BCUT2D eigenvalue weighted by Gasteiger charge is -2.06. The zero-order valence-corrected chi connectivity index (χ0v) is 8.19. The van der Waals surface area contributed by atoms with Crippen molar-refractivity contribution >= 4 is 11.7 Å². The number of hydrazine groups is 1. The van der Waals surface area contributed by atoms with E-state index in [1.165, 1.54) is 0 Å². The van der Waals surface area contributed by atoms with Crippen LogP contribution in [0.4, 0.5) is 0 Å². The fourth-order valence-electron chi connectivity index (χ4n) is 1.60. The van der Waals surface area contributed by atoms with Crippen molar-refractivity contribution in [2.24, 2.45) is 0 Å². The molecule has 0 spiro atoms. The Hall–Kier alpha value is -1.68. The van der Waals surface area contributed by atoms with Gasteiger partial charge in [-0.05, 0) is 0 Å². The first-order valence-electron chi connectivity index (χ1n) is 4.88. The van der Waals surface area contributed by atoms with Crippen LogP contribution in [0.15, 0.2) is 30.3 Å². The van der Waals surface area contributed by atoms with Crippen molar-refractivity contribution in [2.75, 3.05) is 0 Å². The van der Waals surface area contributed by atoms with Crippen molar-refractivity contribution < 1.29 is 9.59 Å². The minimum Gasteiger partial charge on any atom is -0.294 e. The van der Waals surface area contributed by atoms with E-state index in [4.69, 9.17) is 0 Å². The minimum atomic E-state index is -0.0785. The number of Topliss-reactive ketones (excluding diaryl/α,β-unsaturated/α-hetero) is 1. The zero-order valence-electron chi connectivity index (χ0n) is 8.19. The Bertz CT molecular complexity index is 375. The van der Waals surface area contributed by atoms with Gasteiger partial charge in [0.15, 0.2) is 5.78 Å². The van der Waals surface area contributed by atoms with E-state index in [-0.39, 0.29) is 17.7 Å². The molecule has 4 heteroatoms. The van der Waals surface area contributed by atoms with Crippen LogP contribution in [0.2, 0.25) is 0 Å². The number of amides is 1. The number of carbonyl (C=O) groups is 2. The molecule has 15 heavy (non-hydrogen) atoms. The highest BCUT2D eigenvalue weighted by Crippen LogP contribution is 2.09. The molecule has 0 radical (unpaired) electrons. The molecule has 1 atom stereocenters. The fourth-order valence-corrected chi connectivity index (χ4v) is 1.60. The molecule has 1 amide bonds. The summed E-state index contributed by atoms with van der Waals surface area (Å²) in [4.78, 5) is 22.6. The van der Waals surface area contributed by atoms with Crippen LogP contribution >= 0.6 is 0 Å². The molecule has 1 saturated heterocycles. The van der Waals surface area contributed by atoms with Gasteiger partial charge in [-0.3, -0.25) is 15.0 Å². The van der Waals surface area contributed by atoms with Crippen LogP contribution in [0.3, 0.4) is 0 Å². The first-order valence-corrected chi connectivity index (χ1v) is 4.88. The van der Waals surface area contributed by atoms with Gasteiger partial charge in [-0.15, -0.1) is 0 Å². The van der Waals surface area contributed by atoms with Gasteiger partial charge in [0.25, 0.3) is 0 Å². The Balaban J connectivity index is 1.96. The topological polar surface area (TPSA) is 58.2 Å². The van der Waals surface area contributed by atoms with Gasteiger partial charge in [0.1, 0.15) is 0 Å². The van der Waals surface area contributed by atoms with E-state index in [9.17, 15) is 9.59 Å². The smallest absolute Gasteiger partial charge is 0.235 e. The van der Waals surface area contributed by atoms with Crippen molar-refractivity contribution in [2.45, 2.75) is 18.9 Å². The maximum absolute atomic E-state index is 11.7. The molecule has 0 aliphatic carbocycles. The number of hydrogen-bond donors (Lipinski definition) is 2. The van der Waals surface area contributed by atoms with Crippen LogP contribution in [0, 0.1) is 0 Å². The van der Waals surface area contributed by atoms with Gasteiger partial charge in [-0.25, -0.2) is 5.43 Å². The molecule has 4 nitrogen and oxygen atoms in total. The summed E-state index contributed by atoms with van der Waals surface area (Å²) in [5, 5.41) is 0. The number of benzene rings is 1. The van der Waals surface area contributed by atoms with Crippen molar-refractivity contribution in [3.8, 4) is 0 Å². The predicted molar refractivity (Wildman–Crippen MR) is 55.1 cm³/mol. The molecule has 0 aromatic heterocycles. The summed E-state index contributed by atoms with van der Waals surface area (Å²) in [5.41, 5.74) is 5.97. The van der Waals surface area contributed by atoms with E-state index in [0.717, 1.165) is 0 Å². The molecule has 0 bridgehead atoms. The van der Waals surface area contributed by atoms with Crippen LogP contribution in [-0.2, 0) is 4.79 Å². The summed E-state index contributed by atoms with van der Waals surface area (Å²) in [6, 6.07) is 9.02. The lowest BCUT2D eigenvalue weighted by molar-refractivity contribution is -0.119. The summed E-state index contributed by atoms with van der Waals surface area (Å²) < 4.78 is 0. The van der Waals surface area contributed by atoms with Crippen molar-refractivity contribution in [3.63, 3.8) is 0 Å². The highest BCUT2D eigenvalue weighted by atomic mass is 16.2. The van der Waals surface area contributed by atoms with Crippen LogP contribution < -0.4 is 10.9 Å². The quantitative estimate of drug-likeness (QED) is 0.711. The van der Waals surface area contributed by atoms with E-state index >= 15 is 0 Å². The zero-order chi connectivity index (χ0) is 10.7. The molecular formula is C11H12N2O2. The van der Waals surface area contributed by atoms with Crippen LogP contribution in [-0.4, -0.2) is 17.7 Å². The third-order valence-corrected chi connectivity index (χ3v) is 2.38. The van der Waals surface area contributed by atoms with Crippen LogP contribution in [0.25, 0.3) is 0 Å². The number of hydrogen-bond acceptors (Lipinski definition) is 3. The van der Waals surface area contributed by atoms with Crippen molar-refractivity contribution in [1.29, 1.82) is 0 Å². The van der Waals surface area contributed by atoms with Gasteiger partial charge < -0.3 is 0 Å². The number of nitrogens with one attached hydrogen (secondary N) is 2. The van der Waals surface area contributed by atoms with E-state index in [1.54, 1.807) is 12.1 Å². The molecule has 1 aromatic rings. The molecule has 1 aliphatic heterocycles. The van der Waals surface area contributed by atoms with Crippen molar-refractivity contribution in [3.05, 3.63) is 35.9 Å². The third kappa shape index (κ3) is 2.41. The molecule has 2 N–H and O–H groups in total. The minimum absolute atomic E-state index is 0.0548. The maximum atomic E-state index is 11.7. The summed E-state index contributed by atoms with van der Waals surface area (Å²) in [6.45, 7) is 0. The SMILES string of the molecule is O=C1CC(CC(=O)c2ccccc2)NN1.